The first kappa shape index (κ1) is 14.7. The summed E-state index contributed by atoms with van der Waals surface area (Å²) in [6.45, 7) is 0. The maximum atomic E-state index is 11.5. The number of benzene rings is 2. The molecule has 21 heavy (non-hydrogen) atoms. The number of carboxylic acid groups (broad SMARTS) is 1. The first-order chi connectivity index (χ1) is 10.1. The summed E-state index contributed by atoms with van der Waals surface area (Å²) in [5, 5.41) is 9.41. The van der Waals surface area contributed by atoms with Gasteiger partial charge in [0.05, 0.1) is 19.8 Å². The van der Waals surface area contributed by atoms with E-state index in [1.165, 1.54) is 0 Å². The predicted molar refractivity (Wildman–Crippen MR) is 81.5 cm³/mol. The van der Waals surface area contributed by atoms with Gasteiger partial charge in [0.1, 0.15) is 11.5 Å². The molecule has 2 aromatic rings. The van der Waals surface area contributed by atoms with Crippen LogP contribution in [0.5, 0.6) is 11.5 Å². The first-order valence-corrected chi connectivity index (χ1v) is 6.37. The fourth-order valence-electron chi connectivity index (χ4n) is 1.97. The van der Waals surface area contributed by atoms with Crippen LogP contribution in [-0.2, 0) is 4.79 Å². The number of aliphatic carboxylic acids is 1. The highest BCUT2D eigenvalue weighted by atomic mass is 16.5. The minimum Gasteiger partial charge on any atom is -0.497 e. The van der Waals surface area contributed by atoms with E-state index in [0.717, 1.165) is 0 Å². The lowest BCUT2D eigenvalue weighted by molar-refractivity contribution is -0.130. The summed E-state index contributed by atoms with van der Waals surface area (Å²) < 4.78 is 10.4. The zero-order valence-electron chi connectivity index (χ0n) is 11.9. The van der Waals surface area contributed by atoms with Crippen molar-refractivity contribution in [3.8, 4) is 11.5 Å². The molecule has 0 atom stereocenters. The summed E-state index contributed by atoms with van der Waals surface area (Å²) in [5.41, 5.74) is 1.56. The maximum Gasteiger partial charge on any atom is 0.336 e. The van der Waals surface area contributed by atoms with Crippen LogP contribution in [0.3, 0.4) is 0 Å². The highest BCUT2D eigenvalue weighted by molar-refractivity contribution is 6.20. The second-order valence-electron chi connectivity index (χ2n) is 4.38. The molecule has 0 aliphatic heterocycles. The summed E-state index contributed by atoms with van der Waals surface area (Å²) in [5.74, 6) is 0.236. The van der Waals surface area contributed by atoms with E-state index in [1.54, 1.807) is 62.8 Å². The number of methoxy groups -OCH3 is 2. The second kappa shape index (κ2) is 6.61. The van der Waals surface area contributed by atoms with Crippen LogP contribution in [0.15, 0.2) is 48.5 Å². The van der Waals surface area contributed by atoms with E-state index in [1.807, 2.05) is 6.07 Å². The second-order valence-corrected chi connectivity index (χ2v) is 4.38. The Bertz CT molecular complexity index is 637. The van der Waals surface area contributed by atoms with Crippen LogP contribution < -0.4 is 9.47 Å². The molecule has 0 aliphatic rings. The number of hydrogen-bond donors (Lipinski definition) is 1. The molecule has 0 heterocycles. The van der Waals surface area contributed by atoms with E-state index in [0.29, 0.717) is 22.6 Å². The van der Waals surface area contributed by atoms with Gasteiger partial charge in [0.25, 0.3) is 0 Å². The number of hydrogen-bond acceptors (Lipinski definition) is 3. The van der Waals surface area contributed by atoms with Crippen LogP contribution in [0.2, 0.25) is 0 Å². The zero-order chi connectivity index (χ0) is 15.2. The molecule has 0 aromatic heterocycles. The lowest BCUT2D eigenvalue weighted by Crippen LogP contribution is -1.99. The van der Waals surface area contributed by atoms with Crippen LogP contribution in [-0.4, -0.2) is 25.3 Å². The molecule has 0 saturated heterocycles. The Morgan fingerprint density at radius 2 is 1.57 bits per heavy atom. The van der Waals surface area contributed by atoms with Crippen molar-refractivity contribution in [3.63, 3.8) is 0 Å². The normalized spacial score (nSPS) is 11.0. The van der Waals surface area contributed by atoms with Crippen molar-refractivity contribution >= 4 is 17.6 Å². The van der Waals surface area contributed by atoms with Gasteiger partial charge < -0.3 is 14.6 Å². The average Bonchev–Trinajstić information content (AvgIpc) is 2.52. The zero-order valence-corrected chi connectivity index (χ0v) is 11.9. The van der Waals surface area contributed by atoms with Gasteiger partial charge >= 0.3 is 5.97 Å². The summed E-state index contributed by atoms with van der Waals surface area (Å²) in [4.78, 5) is 11.5. The van der Waals surface area contributed by atoms with Crippen molar-refractivity contribution in [2.24, 2.45) is 0 Å². The Balaban J connectivity index is 2.50. The van der Waals surface area contributed by atoms with Crippen molar-refractivity contribution in [2.45, 2.75) is 0 Å². The lowest BCUT2D eigenvalue weighted by Gasteiger charge is -2.07. The van der Waals surface area contributed by atoms with Gasteiger partial charge in [-0.05, 0) is 29.3 Å². The first-order valence-electron chi connectivity index (χ1n) is 6.37. The third-order valence-electron chi connectivity index (χ3n) is 3.00. The SMILES string of the molecule is COc1cc(/C=C(\C(=O)O)c2ccccc2)cc(OC)c1. The fraction of sp³-hybridized carbons (Fsp3) is 0.118. The Labute approximate surface area is 123 Å². The van der Waals surface area contributed by atoms with Gasteiger partial charge in [-0.1, -0.05) is 30.3 Å². The van der Waals surface area contributed by atoms with E-state index in [2.05, 4.69) is 0 Å². The summed E-state index contributed by atoms with van der Waals surface area (Å²) in [6.07, 6.45) is 1.60. The molecule has 0 unspecified atom stereocenters. The van der Waals surface area contributed by atoms with Crippen molar-refractivity contribution < 1.29 is 19.4 Å². The summed E-state index contributed by atoms with van der Waals surface area (Å²) >= 11 is 0. The highest BCUT2D eigenvalue weighted by Crippen LogP contribution is 2.26. The monoisotopic (exact) mass is 284 g/mol. The molecule has 0 amide bonds. The molecule has 108 valence electrons. The highest BCUT2D eigenvalue weighted by Gasteiger charge is 2.10. The molecule has 4 heteroatoms. The molecule has 0 radical (unpaired) electrons. The third kappa shape index (κ3) is 3.63. The molecule has 0 spiro atoms. The molecular weight excluding hydrogens is 268 g/mol. The average molecular weight is 284 g/mol. The molecule has 0 saturated carbocycles. The molecule has 1 N–H and O–H groups in total. The van der Waals surface area contributed by atoms with Gasteiger partial charge in [-0.15, -0.1) is 0 Å². The molecule has 2 rings (SSSR count). The van der Waals surface area contributed by atoms with E-state index < -0.39 is 5.97 Å². The third-order valence-corrected chi connectivity index (χ3v) is 3.00. The number of carbonyl (C=O) groups is 1. The molecule has 4 nitrogen and oxygen atoms in total. The summed E-state index contributed by atoms with van der Waals surface area (Å²) in [6, 6.07) is 14.2. The van der Waals surface area contributed by atoms with Crippen molar-refractivity contribution in [1.29, 1.82) is 0 Å². The quantitative estimate of drug-likeness (QED) is 0.676. The van der Waals surface area contributed by atoms with Gasteiger partial charge in [-0.3, -0.25) is 0 Å². The maximum absolute atomic E-state index is 11.5. The number of rotatable bonds is 5. The van der Waals surface area contributed by atoms with Crippen molar-refractivity contribution in [3.05, 3.63) is 59.7 Å². The molecule has 0 fully saturated rings. The van der Waals surface area contributed by atoms with Crippen LogP contribution in [0.4, 0.5) is 0 Å². The van der Waals surface area contributed by atoms with Gasteiger partial charge in [-0.2, -0.15) is 0 Å². The molecule has 0 aliphatic carbocycles. The van der Waals surface area contributed by atoms with Crippen LogP contribution in [0, 0.1) is 0 Å². The Hall–Kier alpha value is -2.75. The van der Waals surface area contributed by atoms with Crippen LogP contribution >= 0.6 is 0 Å². The van der Waals surface area contributed by atoms with Crippen molar-refractivity contribution in [1.82, 2.24) is 0 Å². The standard InChI is InChI=1S/C17H16O4/c1-20-14-8-12(9-15(11-14)21-2)10-16(17(18)19)13-6-4-3-5-7-13/h3-11H,1-2H3,(H,18,19)/b16-10-. The number of carboxylic acids is 1. The summed E-state index contributed by atoms with van der Waals surface area (Å²) in [7, 11) is 3.11. The van der Waals surface area contributed by atoms with Crippen LogP contribution in [0.25, 0.3) is 11.6 Å². The Morgan fingerprint density at radius 1 is 1.00 bits per heavy atom. The minimum atomic E-state index is -0.983. The van der Waals surface area contributed by atoms with E-state index in [4.69, 9.17) is 9.47 Å². The van der Waals surface area contributed by atoms with Gasteiger partial charge in [-0.25, -0.2) is 4.79 Å². The molecular formula is C17H16O4. The smallest absolute Gasteiger partial charge is 0.336 e. The van der Waals surface area contributed by atoms with E-state index >= 15 is 0 Å². The predicted octanol–water partition coefficient (Wildman–Crippen LogP) is 3.33. The molecule has 2 aromatic carbocycles. The van der Waals surface area contributed by atoms with E-state index in [9.17, 15) is 9.90 Å². The molecule has 0 bridgehead atoms. The van der Waals surface area contributed by atoms with Gasteiger partial charge in [0.2, 0.25) is 0 Å². The van der Waals surface area contributed by atoms with Gasteiger partial charge in [0, 0.05) is 6.07 Å². The Morgan fingerprint density at radius 3 is 2.05 bits per heavy atom. The van der Waals surface area contributed by atoms with Crippen molar-refractivity contribution in [2.75, 3.05) is 14.2 Å². The van der Waals surface area contributed by atoms with Crippen LogP contribution in [0.1, 0.15) is 11.1 Å². The number of ether oxygens (including phenoxy) is 2. The van der Waals surface area contributed by atoms with Gasteiger partial charge in [0.15, 0.2) is 0 Å². The fourth-order valence-corrected chi connectivity index (χ4v) is 1.97. The topological polar surface area (TPSA) is 55.8 Å². The largest absolute Gasteiger partial charge is 0.497 e. The Kier molecular flexibility index (Phi) is 4.61. The van der Waals surface area contributed by atoms with E-state index in [-0.39, 0.29) is 5.57 Å². The minimum absolute atomic E-state index is 0.214. The lowest BCUT2D eigenvalue weighted by atomic mass is 10.0.